The lowest BCUT2D eigenvalue weighted by molar-refractivity contribution is -0.140. The summed E-state index contributed by atoms with van der Waals surface area (Å²) >= 11 is 3.49. The molecule has 11 heteroatoms. The van der Waals surface area contributed by atoms with E-state index in [1.807, 2.05) is 68.4 Å². The topological polar surface area (TPSA) is 105 Å². The number of nitrogens with zero attached hydrogens (tertiary/aromatic N) is 2. The maximum atomic E-state index is 14.2. The molecule has 42 heavy (non-hydrogen) atoms. The Hall–Kier alpha value is -3.57. The summed E-state index contributed by atoms with van der Waals surface area (Å²) in [4.78, 5) is 29.4. The van der Waals surface area contributed by atoms with Gasteiger partial charge in [0.05, 0.1) is 11.9 Å². The van der Waals surface area contributed by atoms with Gasteiger partial charge in [0.2, 0.25) is 21.8 Å². The number of carbonyl (C=O) groups is 2. The van der Waals surface area contributed by atoms with E-state index in [1.54, 1.807) is 18.2 Å². The van der Waals surface area contributed by atoms with Gasteiger partial charge in [-0.05, 0) is 48.7 Å². The first kappa shape index (κ1) is 31.4. The fraction of sp³-hybridized carbons (Fsp3) is 0.355. The van der Waals surface area contributed by atoms with Crippen molar-refractivity contribution in [3.05, 3.63) is 88.4 Å². The van der Waals surface area contributed by atoms with Crippen molar-refractivity contribution >= 4 is 43.5 Å². The van der Waals surface area contributed by atoms with Crippen molar-refractivity contribution < 1.29 is 27.5 Å². The third kappa shape index (κ3) is 8.25. The van der Waals surface area contributed by atoms with Gasteiger partial charge < -0.3 is 19.7 Å². The summed E-state index contributed by atoms with van der Waals surface area (Å²) < 4.78 is 39.2. The van der Waals surface area contributed by atoms with Crippen LogP contribution < -0.4 is 19.1 Å². The van der Waals surface area contributed by atoms with Gasteiger partial charge in [0.1, 0.15) is 25.8 Å². The largest absolute Gasteiger partial charge is 0.486 e. The van der Waals surface area contributed by atoms with Crippen LogP contribution in [-0.2, 0) is 32.6 Å². The summed E-state index contributed by atoms with van der Waals surface area (Å²) in [5.74, 6) is 0.0868. The Morgan fingerprint density at radius 3 is 2.31 bits per heavy atom. The third-order valence-corrected chi connectivity index (χ3v) is 8.64. The first-order valence-electron chi connectivity index (χ1n) is 13.8. The number of benzene rings is 3. The normalized spacial score (nSPS) is 14.0. The van der Waals surface area contributed by atoms with E-state index in [0.29, 0.717) is 24.7 Å². The number of sulfonamides is 1. The standard InChI is InChI=1S/C31H36BrN3O6S/c1-4-22(2)33-31(37)27(18-23-9-6-5-7-10-23)34(20-24-11-8-12-25(32)17-24)30(36)21-35(42(3,38)39)26-13-14-28-29(19-26)41-16-15-40-28/h5-14,17,19,22,27H,4,15-16,18,20-21H2,1-3H3,(H,33,37)/t22-,27+/m1/s1. The zero-order valence-corrected chi connectivity index (χ0v) is 26.4. The van der Waals surface area contributed by atoms with Crippen molar-refractivity contribution in [2.45, 2.75) is 45.3 Å². The average Bonchev–Trinajstić information content (AvgIpc) is 2.97. The number of carbonyl (C=O) groups excluding carboxylic acids is 2. The molecule has 224 valence electrons. The van der Waals surface area contributed by atoms with Crippen LogP contribution in [0.3, 0.4) is 0 Å². The van der Waals surface area contributed by atoms with Crippen molar-refractivity contribution in [1.29, 1.82) is 0 Å². The molecule has 0 bridgehead atoms. The average molecular weight is 659 g/mol. The molecule has 0 saturated carbocycles. The van der Waals surface area contributed by atoms with Crippen molar-refractivity contribution in [3.8, 4) is 11.5 Å². The highest BCUT2D eigenvalue weighted by Gasteiger charge is 2.33. The first-order chi connectivity index (χ1) is 20.0. The molecule has 2 amide bonds. The zero-order chi connectivity index (χ0) is 30.3. The summed E-state index contributed by atoms with van der Waals surface area (Å²) in [6.07, 6.45) is 2.02. The number of amides is 2. The van der Waals surface area contributed by atoms with Crippen molar-refractivity contribution in [1.82, 2.24) is 10.2 Å². The number of hydrogen-bond acceptors (Lipinski definition) is 6. The second kappa shape index (κ2) is 14.1. The second-order valence-electron chi connectivity index (χ2n) is 10.3. The summed E-state index contributed by atoms with van der Waals surface area (Å²) in [6, 6.07) is 20.7. The lowest BCUT2D eigenvalue weighted by Crippen LogP contribution is -2.54. The van der Waals surface area contributed by atoms with Gasteiger partial charge in [-0.1, -0.05) is 65.3 Å². The van der Waals surface area contributed by atoms with Gasteiger partial charge in [0.25, 0.3) is 0 Å². The van der Waals surface area contributed by atoms with Crippen molar-refractivity contribution in [2.24, 2.45) is 0 Å². The molecule has 0 unspecified atom stereocenters. The van der Waals surface area contributed by atoms with Crippen LogP contribution >= 0.6 is 15.9 Å². The van der Waals surface area contributed by atoms with E-state index in [1.165, 1.54) is 4.90 Å². The van der Waals surface area contributed by atoms with Crippen LogP contribution in [0.5, 0.6) is 11.5 Å². The Morgan fingerprint density at radius 2 is 1.64 bits per heavy atom. The fourth-order valence-corrected chi connectivity index (χ4v) is 5.92. The summed E-state index contributed by atoms with van der Waals surface area (Å²) in [5, 5.41) is 3.03. The molecule has 2 atom stereocenters. The first-order valence-corrected chi connectivity index (χ1v) is 16.4. The van der Waals surface area contributed by atoms with Gasteiger partial charge in [0.15, 0.2) is 11.5 Å². The molecule has 1 aliphatic heterocycles. The molecule has 1 N–H and O–H groups in total. The molecule has 9 nitrogen and oxygen atoms in total. The van der Waals surface area contributed by atoms with Crippen LogP contribution in [0.25, 0.3) is 0 Å². The fourth-order valence-electron chi connectivity index (χ4n) is 4.63. The maximum absolute atomic E-state index is 14.2. The predicted molar refractivity (Wildman–Crippen MR) is 166 cm³/mol. The van der Waals surface area contributed by atoms with E-state index >= 15 is 0 Å². The predicted octanol–water partition coefficient (Wildman–Crippen LogP) is 4.54. The van der Waals surface area contributed by atoms with E-state index in [0.717, 1.165) is 32.6 Å². The molecule has 3 aromatic carbocycles. The number of fused-ring (bicyclic) bond motifs is 1. The lowest BCUT2D eigenvalue weighted by Gasteiger charge is -2.34. The van der Waals surface area contributed by atoms with E-state index in [9.17, 15) is 18.0 Å². The van der Waals surface area contributed by atoms with Gasteiger partial charge in [-0.2, -0.15) is 0 Å². The highest BCUT2D eigenvalue weighted by molar-refractivity contribution is 9.10. The van der Waals surface area contributed by atoms with Crippen LogP contribution in [0.15, 0.2) is 77.3 Å². The zero-order valence-electron chi connectivity index (χ0n) is 24.0. The summed E-state index contributed by atoms with van der Waals surface area (Å²) in [5.41, 5.74) is 1.93. The maximum Gasteiger partial charge on any atom is 0.244 e. The third-order valence-electron chi connectivity index (χ3n) is 7.01. The molecule has 1 aliphatic rings. The monoisotopic (exact) mass is 657 g/mol. The van der Waals surface area contributed by atoms with Crippen LogP contribution in [0, 0.1) is 0 Å². The van der Waals surface area contributed by atoms with E-state index in [-0.39, 0.29) is 30.6 Å². The Morgan fingerprint density at radius 1 is 0.952 bits per heavy atom. The number of halogens is 1. The van der Waals surface area contributed by atoms with E-state index in [4.69, 9.17) is 9.47 Å². The minimum absolute atomic E-state index is 0.0996. The molecule has 0 aromatic heterocycles. The molecule has 0 aliphatic carbocycles. The molecule has 1 heterocycles. The van der Waals surface area contributed by atoms with Gasteiger partial charge in [-0.15, -0.1) is 0 Å². The minimum atomic E-state index is -3.90. The summed E-state index contributed by atoms with van der Waals surface area (Å²) in [7, 11) is -3.90. The minimum Gasteiger partial charge on any atom is -0.486 e. The van der Waals surface area contributed by atoms with Gasteiger partial charge >= 0.3 is 0 Å². The quantitative estimate of drug-likeness (QED) is 0.307. The van der Waals surface area contributed by atoms with Crippen LogP contribution in [0.4, 0.5) is 5.69 Å². The van der Waals surface area contributed by atoms with E-state index in [2.05, 4.69) is 21.2 Å². The summed E-state index contributed by atoms with van der Waals surface area (Å²) in [6.45, 7) is 4.20. The van der Waals surface area contributed by atoms with Gasteiger partial charge in [0, 0.05) is 29.5 Å². The van der Waals surface area contributed by atoms with Gasteiger partial charge in [-0.3, -0.25) is 13.9 Å². The molecule has 0 radical (unpaired) electrons. The number of ether oxygens (including phenoxy) is 2. The molecular formula is C31H36BrN3O6S. The Labute approximate surface area is 256 Å². The van der Waals surface area contributed by atoms with Crippen molar-refractivity contribution in [2.75, 3.05) is 30.3 Å². The molecule has 0 saturated heterocycles. The van der Waals surface area contributed by atoms with Crippen LogP contribution in [-0.4, -0.2) is 63.2 Å². The van der Waals surface area contributed by atoms with Gasteiger partial charge in [-0.25, -0.2) is 8.42 Å². The highest BCUT2D eigenvalue weighted by atomic mass is 79.9. The SMILES string of the molecule is CC[C@@H](C)NC(=O)[C@H](Cc1ccccc1)N(Cc1cccc(Br)c1)C(=O)CN(c1ccc2c(c1)OCCO2)S(C)(=O)=O. The second-order valence-corrected chi connectivity index (χ2v) is 13.1. The lowest BCUT2D eigenvalue weighted by atomic mass is 10.0. The molecule has 0 spiro atoms. The van der Waals surface area contributed by atoms with Crippen molar-refractivity contribution in [3.63, 3.8) is 0 Å². The van der Waals surface area contributed by atoms with Crippen LogP contribution in [0.1, 0.15) is 31.4 Å². The number of anilines is 1. The Balaban J connectivity index is 1.73. The smallest absolute Gasteiger partial charge is 0.244 e. The highest BCUT2D eigenvalue weighted by Crippen LogP contribution is 2.35. The Kier molecular flexibility index (Phi) is 10.5. The number of nitrogens with one attached hydrogen (secondary N) is 1. The molecule has 0 fully saturated rings. The molecular weight excluding hydrogens is 622 g/mol. The molecule has 4 rings (SSSR count). The number of hydrogen-bond donors (Lipinski definition) is 1. The molecule has 3 aromatic rings. The number of rotatable bonds is 12. The van der Waals surface area contributed by atoms with E-state index < -0.39 is 28.5 Å². The van der Waals surface area contributed by atoms with Crippen LogP contribution in [0.2, 0.25) is 0 Å². The Bertz CT molecular complexity index is 1500.